The van der Waals surface area contributed by atoms with Crippen molar-refractivity contribution in [2.75, 3.05) is 7.11 Å². The standard InChI is InChI=1S/C18H21NO5/c1-18(2,3)24-17(22)19-15(16(20)21)13-9-10-14(23-4)12-8-6-5-7-11(12)13/h5-10,15H,1-4H3,(H,19,22)(H,20,21). The summed E-state index contributed by atoms with van der Waals surface area (Å²) in [5.74, 6) is -0.535. The van der Waals surface area contributed by atoms with Gasteiger partial charge in [0.2, 0.25) is 0 Å². The van der Waals surface area contributed by atoms with E-state index < -0.39 is 23.7 Å². The highest BCUT2D eigenvalue weighted by molar-refractivity contribution is 5.95. The Morgan fingerprint density at radius 3 is 2.25 bits per heavy atom. The first kappa shape index (κ1) is 17.6. The van der Waals surface area contributed by atoms with Crippen molar-refractivity contribution in [2.24, 2.45) is 0 Å². The van der Waals surface area contributed by atoms with Crippen molar-refractivity contribution < 1.29 is 24.2 Å². The lowest BCUT2D eigenvalue weighted by Crippen LogP contribution is -2.38. The maximum Gasteiger partial charge on any atom is 0.408 e. The van der Waals surface area contributed by atoms with E-state index in [4.69, 9.17) is 9.47 Å². The zero-order valence-corrected chi connectivity index (χ0v) is 14.1. The topological polar surface area (TPSA) is 84.9 Å². The number of hydrogen-bond donors (Lipinski definition) is 2. The number of rotatable bonds is 4. The highest BCUT2D eigenvalue weighted by Gasteiger charge is 2.27. The molecule has 24 heavy (non-hydrogen) atoms. The van der Waals surface area contributed by atoms with Crippen LogP contribution >= 0.6 is 0 Å². The van der Waals surface area contributed by atoms with Crippen molar-refractivity contribution in [3.63, 3.8) is 0 Å². The van der Waals surface area contributed by atoms with Gasteiger partial charge in [0, 0.05) is 5.39 Å². The smallest absolute Gasteiger partial charge is 0.408 e. The van der Waals surface area contributed by atoms with Gasteiger partial charge in [0.15, 0.2) is 6.04 Å². The van der Waals surface area contributed by atoms with Gasteiger partial charge in [-0.3, -0.25) is 0 Å². The van der Waals surface area contributed by atoms with Crippen molar-refractivity contribution in [3.05, 3.63) is 42.0 Å². The van der Waals surface area contributed by atoms with Crippen LogP contribution in [0.1, 0.15) is 32.4 Å². The fourth-order valence-electron chi connectivity index (χ4n) is 2.42. The monoisotopic (exact) mass is 331 g/mol. The third-order valence-corrected chi connectivity index (χ3v) is 3.36. The predicted octanol–water partition coefficient (Wildman–Crippen LogP) is 3.50. The number of hydrogen-bond acceptors (Lipinski definition) is 4. The first-order valence-electron chi connectivity index (χ1n) is 7.51. The zero-order chi connectivity index (χ0) is 17.9. The molecule has 0 saturated heterocycles. The van der Waals surface area contributed by atoms with Gasteiger partial charge in [0.05, 0.1) is 7.11 Å². The van der Waals surface area contributed by atoms with Crippen LogP contribution in [0.4, 0.5) is 4.79 Å². The number of ether oxygens (including phenoxy) is 2. The van der Waals surface area contributed by atoms with Gasteiger partial charge in [-0.1, -0.05) is 30.3 Å². The summed E-state index contributed by atoms with van der Waals surface area (Å²) in [6.45, 7) is 5.14. The average molecular weight is 331 g/mol. The Kier molecular flexibility index (Phi) is 4.97. The molecule has 6 nitrogen and oxygen atoms in total. The Hall–Kier alpha value is -2.76. The molecule has 0 spiro atoms. The number of carbonyl (C=O) groups excluding carboxylic acids is 1. The van der Waals surface area contributed by atoms with Gasteiger partial charge in [0.1, 0.15) is 11.4 Å². The van der Waals surface area contributed by atoms with Gasteiger partial charge in [-0.2, -0.15) is 0 Å². The number of fused-ring (bicyclic) bond motifs is 1. The van der Waals surface area contributed by atoms with Crippen LogP contribution in [-0.2, 0) is 9.53 Å². The highest BCUT2D eigenvalue weighted by Crippen LogP contribution is 2.31. The minimum Gasteiger partial charge on any atom is -0.496 e. The molecule has 128 valence electrons. The van der Waals surface area contributed by atoms with Gasteiger partial charge in [-0.05, 0) is 37.8 Å². The Morgan fingerprint density at radius 2 is 1.71 bits per heavy atom. The number of nitrogens with one attached hydrogen (secondary N) is 1. The van der Waals surface area contributed by atoms with Gasteiger partial charge in [0.25, 0.3) is 0 Å². The number of carboxylic acid groups (broad SMARTS) is 1. The van der Waals surface area contributed by atoms with E-state index in [0.29, 0.717) is 16.7 Å². The summed E-state index contributed by atoms with van der Waals surface area (Å²) < 4.78 is 10.5. The second-order valence-electron chi connectivity index (χ2n) is 6.32. The van der Waals surface area contributed by atoms with Crippen molar-refractivity contribution in [3.8, 4) is 5.75 Å². The molecule has 1 unspecified atom stereocenters. The lowest BCUT2D eigenvalue weighted by atomic mass is 9.98. The van der Waals surface area contributed by atoms with Gasteiger partial charge in [-0.15, -0.1) is 0 Å². The second kappa shape index (κ2) is 6.78. The lowest BCUT2D eigenvalue weighted by Gasteiger charge is -2.23. The molecule has 6 heteroatoms. The van der Waals surface area contributed by atoms with Gasteiger partial charge >= 0.3 is 12.1 Å². The molecule has 0 aliphatic heterocycles. The molecule has 0 heterocycles. The van der Waals surface area contributed by atoms with E-state index >= 15 is 0 Å². The first-order chi connectivity index (χ1) is 11.2. The maximum absolute atomic E-state index is 12.0. The van der Waals surface area contributed by atoms with E-state index in [-0.39, 0.29) is 0 Å². The van der Waals surface area contributed by atoms with Gasteiger partial charge in [-0.25, -0.2) is 9.59 Å². The molecule has 0 aliphatic carbocycles. The van der Waals surface area contributed by atoms with Crippen LogP contribution < -0.4 is 10.1 Å². The van der Waals surface area contributed by atoms with Crippen LogP contribution in [0.15, 0.2) is 36.4 Å². The van der Waals surface area contributed by atoms with Crippen LogP contribution in [0.3, 0.4) is 0 Å². The molecule has 0 radical (unpaired) electrons. The molecule has 0 bridgehead atoms. The summed E-state index contributed by atoms with van der Waals surface area (Å²) in [6, 6.07) is 9.37. The molecule has 2 aromatic rings. The molecule has 2 aromatic carbocycles. The van der Waals surface area contributed by atoms with E-state index in [0.717, 1.165) is 5.39 Å². The normalized spacial score (nSPS) is 12.5. The summed E-state index contributed by atoms with van der Waals surface area (Å²) in [5.41, 5.74) is -0.250. The zero-order valence-electron chi connectivity index (χ0n) is 14.1. The predicted molar refractivity (Wildman–Crippen MR) is 90.2 cm³/mol. The van der Waals surface area contributed by atoms with Crippen LogP contribution in [-0.4, -0.2) is 29.9 Å². The third-order valence-electron chi connectivity index (χ3n) is 3.36. The number of benzene rings is 2. The summed E-state index contributed by atoms with van der Waals surface area (Å²) in [7, 11) is 1.55. The van der Waals surface area contributed by atoms with E-state index in [9.17, 15) is 14.7 Å². The summed E-state index contributed by atoms with van der Waals surface area (Å²) in [4.78, 5) is 23.7. The molecular formula is C18H21NO5. The Labute approximate surface area is 140 Å². The van der Waals surface area contributed by atoms with Crippen molar-refractivity contribution >= 4 is 22.8 Å². The number of aliphatic carboxylic acids is 1. The van der Waals surface area contributed by atoms with E-state index in [2.05, 4.69) is 5.32 Å². The summed E-state index contributed by atoms with van der Waals surface area (Å²) >= 11 is 0. The maximum atomic E-state index is 12.0. The largest absolute Gasteiger partial charge is 0.496 e. The Bertz CT molecular complexity index is 764. The molecular weight excluding hydrogens is 310 g/mol. The van der Waals surface area contributed by atoms with E-state index in [1.54, 1.807) is 52.1 Å². The first-order valence-corrected chi connectivity index (χ1v) is 7.51. The van der Waals surface area contributed by atoms with Gasteiger partial charge < -0.3 is 19.9 Å². The fourth-order valence-corrected chi connectivity index (χ4v) is 2.42. The fraction of sp³-hybridized carbons (Fsp3) is 0.333. The molecule has 0 aromatic heterocycles. The molecule has 1 amide bonds. The molecule has 0 aliphatic rings. The molecule has 2 rings (SSSR count). The molecule has 0 saturated carbocycles. The molecule has 0 fully saturated rings. The lowest BCUT2D eigenvalue weighted by molar-refractivity contribution is -0.139. The Balaban J connectivity index is 2.44. The van der Waals surface area contributed by atoms with Crippen molar-refractivity contribution in [1.29, 1.82) is 0 Å². The Morgan fingerprint density at radius 1 is 1.08 bits per heavy atom. The van der Waals surface area contributed by atoms with Crippen LogP contribution in [0.2, 0.25) is 0 Å². The number of carbonyl (C=O) groups is 2. The minimum absolute atomic E-state index is 0.463. The summed E-state index contributed by atoms with van der Waals surface area (Å²) in [5, 5.41) is 13.4. The number of alkyl carbamates (subject to hydrolysis) is 1. The van der Waals surface area contributed by atoms with Crippen LogP contribution in [0, 0.1) is 0 Å². The highest BCUT2D eigenvalue weighted by atomic mass is 16.6. The van der Waals surface area contributed by atoms with E-state index in [1.165, 1.54) is 0 Å². The summed E-state index contributed by atoms with van der Waals surface area (Å²) in [6.07, 6.45) is -0.783. The van der Waals surface area contributed by atoms with Crippen molar-refractivity contribution in [2.45, 2.75) is 32.4 Å². The molecule has 1 atom stereocenters. The SMILES string of the molecule is COc1ccc(C(NC(=O)OC(C)(C)C)C(=O)O)c2ccccc12. The minimum atomic E-state index is -1.23. The van der Waals surface area contributed by atoms with Crippen LogP contribution in [0.25, 0.3) is 10.8 Å². The molecule has 2 N–H and O–H groups in total. The quantitative estimate of drug-likeness (QED) is 0.895. The number of methoxy groups -OCH3 is 1. The van der Waals surface area contributed by atoms with Crippen LogP contribution in [0.5, 0.6) is 5.75 Å². The number of amides is 1. The van der Waals surface area contributed by atoms with Crippen molar-refractivity contribution in [1.82, 2.24) is 5.32 Å². The number of carboxylic acids is 1. The average Bonchev–Trinajstić information content (AvgIpc) is 2.50. The second-order valence-corrected chi connectivity index (χ2v) is 6.32. The van der Waals surface area contributed by atoms with E-state index in [1.807, 2.05) is 12.1 Å². The third kappa shape index (κ3) is 3.95.